The number of piperidine rings is 1. The van der Waals surface area contributed by atoms with Gasteiger partial charge < -0.3 is 10.2 Å². The minimum absolute atomic E-state index is 0.114. The van der Waals surface area contributed by atoms with E-state index >= 15 is 0 Å². The zero-order valence-corrected chi connectivity index (χ0v) is 13.4. The number of urea groups is 1. The van der Waals surface area contributed by atoms with Gasteiger partial charge in [0.1, 0.15) is 12.1 Å². The van der Waals surface area contributed by atoms with Gasteiger partial charge in [-0.1, -0.05) is 26.7 Å². The lowest BCUT2D eigenvalue weighted by atomic mass is 9.92. The summed E-state index contributed by atoms with van der Waals surface area (Å²) >= 11 is 0. The van der Waals surface area contributed by atoms with Crippen molar-refractivity contribution in [1.82, 2.24) is 15.1 Å². The Kier molecular flexibility index (Phi) is 3.87. The Morgan fingerprint density at radius 2 is 1.77 bits per heavy atom. The quantitative estimate of drug-likeness (QED) is 0.783. The van der Waals surface area contributed by atoms with E-state index in [2.05, 4.69) is 19.2 Å². The maximum absolute atomic E-state index is 12.6. The van der Waals surface area contributed by atoms with Crippen LogP contribution in [0.4, 0.5) is 4.79 Å². The Hall–Kier alpha value is -1.59. The van der Waals surface area contributed by atoms with Crippen LogP contribution in [0.1, 0.15) is 46.0 Å². The number of nitrogens with one attached hydrogen (secondary N) is 1. The highest BCUT2D eigenvalue weighted by atomic mass is 16.2. The van der Waals surface area contributed by atoms with E-state index in [-0.39, 0.29) is 18.4 Å². The smallest absolute Gasteiger partial charge is 0.325 e. The van der Waals surface area contributed by atoms with Gasteiger partial charge in [-0.25, -0.2) is 4.79 Å². The van der Waals surface area contributed by atoms with Crippen molar-refractivity contribution in [2.24, 2.45) is 11.8 Å². The number of carbonyl (C=O) groups is 3. The van der Waals surface area contributed by atoms with Crippen molar-refractivity contribution < 1.29 is 14.4 Å². The van der Waals surface area contributed by atoms with Crippen LogP contribution in [0.5, 0.6) is 0 Å². The molecule has 0 aromatic heterocycles. The van der Waals surface area contributed by atoms with Gasteiger partial charge in [-0.3, -0.25) is 14.5 Å². The van der Waals surface area contributed by atoms with Gasteiger partial charge in [0.25, 0.3) is 5.91 Å². The molecule has 0 radical (unpaired) electrons. The van der Waals surface area contributed by atoms with Crippen LogP contribution in [0.2, 0.25) is 0 Å². The first-order valence-electron chi connectivity index (χ1n) is 8.33. The summed E-state index contributed by atoms with van der Waals surface area (Å²) in [5.41, 5.74) is -0.722. The number of amides is 4. The fourth-order valence-electron chi connectivity index (χ4n) is 4.24. The molecule has 22 heavy (non-hydrogen) atoms. The molecule has 1 aliphatic carbocycles. The van der Waals surface area contributed by atoms with Gasteiger partial charge in [0.05, 0.1) is 0 Å². The number of hydrogen-bond donors (Lipinski definition) is 1. The average molecular weight is 307 g/mol. The van der Waals surface area contributed by atoms with Crippen molar-refractivity contribution in [2.45, 2.75) is 51.5 Å². The summed E-state index contributed by atoms with van der Waals surface area (Å²) in [5.74, 6) is 0.618. The number of hydrogen-bond acceptors (Lipinski definition) is 3. The van der Waals surface area contributed by atoms with Crippen molar-refractivity contribution in [3.05, 3.63) is 0 Å². The van der Waals surface area contributed by atoms with E-state index in [1.54, 1.807) is 4.90 Å². The van der Waals surface area contributed by atoms with E-state index in [1.165, 1.54) is 0 Å². The molecule has 0 aromatic rings. The van der Waals surface area contributed by atoms with Crippen molar-refractivity contribution in [3.8, 4) is 0 Å². The summed E-state index contributed by atoms with van der Waals surface area (Å²) in [5, 5.41) is 2.82. The van der Waals surface area contributed by atoms with Gasteiger partial charge in [0, 0.05) is 13.1 Å². The van der Waals surface area contributed by atoms with Gasteiger partial charge >= 0.3 is 6.03 Å². The van der Waals surface area contributed by atoms with E-state index < -0.39 is 11.6 Å². The lowest BCUT2D eigenvalue weighted by molar-refractivity contribution is -0.140. The largest absolute Gasteiger partial charge is 0.341 e. The Balaban J connectivity index is 1.66. The first kappa shape index (κ1) is 15.3. The summed E-state index contributed by atoms with van der Waals surface area (Å²) in [6.07, 6.45) is 4.42. The van der Waals surface area contributed by atoms with Crippen LogP contribution in [0.15, 0.2) is 0 Å². The van der Waals surface area contributed by atoms with Crippen LogP contribution in [-0.2, 0) is 9.59 Å². The minimum atomic E-state index is -0.722. The first-order valence-corrected chi connectivity index (χ1v) is 8.33. The van der Waals surface area contributed by atoms with Crippen LogP contribution >= 0.6 is 0 Å². The third kappa shape index (κ3) is 2.59. The molecule has 0 bridgehead atoms. The molecule has 1 N–H and O–H groups in total. The summed E-state index contributed by atoms with van der Waals surface area (Å²) in [4.78, 5) is 40.1. The van der Waals surface area contributed by atoms with Gasteiger partial charge in [0.15, 0.2) is 0 Å². The number of rotatable bonds is 2. The molecule has 3 fully saturated rings. The zero-order chi connectivity index (χ0) is 15.9. The van der Waals surface area contributed by atoms with Crippen molar-refractivity contribution in [1.29, 1.82) is 0 Å². The van der Waals surface area contributed by atoms with Crippen molar-refractivity contribution in [3.63, 3.8) is 0 Å². The molecule has 2 saturated heterocycles. The summed E-state index contributed by atoms with van der Waals surface area (Å²) in [6.45, 7) is 5.59. The number of nitrogens with zero attached hydrogens (tertiary/aromatic N) is 2. The molecule has 4 amide bonds. The summed E-state index contributed by atoms with van der Waals surface area (Å²) < 4.78 is 0. The van der Waals surface area contributed by atoms with Crippen molar-refractivity contribution >= 4 is 17.8 Å². The lowest BCUT2D eigenvalue weighted by Gasteiger charge is -2.35. The standard InChI is InChI=1S/C16H25N3O3/c1-11-7-12(2)9-18(8-11)13(20)10-19-14(21)16(17-15(19)22)5-3-4-6-16/h11-12H,3-10H2,1-2H3,(H,17,22). The highest BCUT2D eigenvalue weighted by Gasteiger charge is 2.52. The molecule has 2 unspecified atom stereocenters. The SMILES string of the molecule is CC1CC(C)CN(C(=O)CN2C(=O)NC3(CCCC3)C2=O)C1. The molecular formula is C16H25N3O3. The fraction of sp³-hybridized carbons (Fsp3) is 0.812. The second-order valence-corrected chi connectivity index (χ2v) is 7.36. The Labute approximate surface area is 131 Å². The summed E-state index contributed by atoms with van der Waals surface area (Å²) in [6, 6.07) is -0.404. The maximum atomic E-state index is 12.6. The predicted octanol–water partition coefficient (Wildman–Crippen LogP) is 1.36. The highest BCUT2D eigenvalue weighted by Crippen LogP contribution is 2.35. The Morgan fingerprint density at radius 3 is 2.36 bits per heavy atom. The van der Waals surface area contributed by atoms with Crippen LogP contribution in [0, 0.1) is 11.8 Å². The Morgan fingerprint density at radius 1 is 1.18 bits per heavy atom. The van der Waals surface area contributed by atoms with E-state index in [4.69, 9.17) is 0 Å². The second-order valence-electron chi connectivity index (χ2n) is 7.36. The fourth-order valence-corrected chi connectivity index (χ4v) is 4.24. The molecule has 2 heterocycles. The van der Waals surface area contributed by atoms with Gasteiger partial charge in [-0.05, 0) is 31.1 Å². The molecule has 1 saturated carbocycles. The first-order chi connectivity index (χ1) is 10.4. The van der Waals surface area contributed by atoms with Gasteiger partial charge in [-0.15, -0.1) is 0 Å². The molecule has 0 aromatic carbocycles. The topological polar surface area (TPSA) is 69.7 Å². The van der Waals surface area contributed by atoms with Crippen LogP contribution in [-0.4, -0.2) is 52.8 Å². The normalized spacial score (nSPS) is 31.0. The molecule has 2 atom stereocenters. The molecule has 1 spiro atoms. The van der Waals surface area contributed by atoms with Gasteiger partial charge in [0.2, 0.25) is 5.91 Å². The van der Waals surface area contributed by atoms with E-state index in [1.807, 2.05) is 0 Å². The van der Waals surface area contributed by atoms with Crippen LogP contribution in [0.25, 0.3) is 0 Å². The van der Waals surface area contributed by atoms with E-state index in [0.717, 1.165) is 37.3 Å². The third-order valence-corrected chi connectivity index (χ3v) is 5.22. The molecule has 122 valence electrons. The monoisotopic (exact) mass is 307 g/mol. The van der Waals surface area contributed by atoms with E-state index in [9.17, 15) is 14.4 Å². The van der Waals surface area contributed by atoms with Crippen molar-refractivity contribution in [2.75, 3.05) is 19.6 Å². The van der Waals surface area contributed by atoms with Crippen LogP contribution < -0.4 is 5.32 Å². The second kappa shape index (κ2) is 5.56. The summed E-state index contributed by atoms with van der Waals surface area (Å²) in [7, 11) is 0. The molecule has 6 heteroatoms. The van der Waals surface area contributed by atoms with E-state index in [0.29, 0.717) is 24.7 Å². The molecule has 3 aliphatic rings. The Bertz CT molecular complexity index is 489. The number of likely N-dealkylation sites (tertiary alicyclic amines) is 1. The van der Waals surface area contributed by atoms with Gasteiger partial charge in [-0.2, -0.15) is 0 Å². The number of imide groups is 1. The molecule has 2 aliphatic heterocycles. The highest BCUT2D eigenvalue weighted by molar-refractivity contribution is 6.09. The molecule has 6 nitrogen and oxygen atoms in total. The maximum Gasteiger partial charge on any atom is 0.325 e. The zero-order valence-electron chi connectivity index (χ0n) is 13.4. The molecule has 3 rings (SSSR count). The molecular weight excluding hydrogens is 282 g/mol. The minimum Gasteiger partial charge on any atom is -0.341 e. The van der Waals surface area contributed by atoms with Crippen LogP contribution in [0.3, 0.4) is 0 Å². The predicted molar refractivity (Wildman–Crippen MR) is 81.0 cm³/mol. The number of carbonyl (C=O) groups excluding carboxylic acids is 3. The lowest BCUT2D eigenvalue weighted by Crippen LogP contribution is -2.49. The average Bonchev–Trinajstić information content (AvgIpc) is 2.99. The third-order valence-electron chi connectivity index (χ3n) is 5.22.